The lowest BCUT2D eigenvalue weighted by Crippen LogP contribution is -2.30. The van der Waals surface area contributed by atoms with Crippen molar-refractivity contribution in [2.75, 3.05) is 17.7 Å². The van der Waals surface area contributed by atoms with Gasteiger partial charge in [0.2, 0.25) is 0 Å². The van der Waals surface area contributed by atoms with Gasteiger partial charge in [-0.05, 0) is 43.9 Å². The Morgan fingerprint density at radius 3 is 2.67 bits per heavy atom. The molecule has 1 heterocycles. The molecule has 0 aliphatic heterocycles. The molecule has 2 amide bonds. The highest BCUT2D eigenvalue weighted by molar-refractivity contribution is 7.17. The van der Waals surface area contributed by atoms with Crippen LogP contribution in [0.15, 0.2) is 18.2 Å². The summed E-state index contributed by atoms with van der Waals surface area (Å²) in [5, 5.41) is 16.8. The minimum atomic E-state index is -1.20. The molecule has 1 aliphatic rings. The average Bonchev–Trinajstić information content (AvgIpc) is 3.27. The highest BCUT2D eigenvalue weighted by atomic mass is 32.1. The van der Waals surface area contributed by atoms with Crippen LogP contribution in [-0.2, 0) is 22.4 Å². The van der Waals surface area contributed by atoms with Gasteiger partial charge in [0.15, 0.2) is 6.10 Å². The van der Waals surface area contributed by atoms with E-state index < -0.39 is 28.8 Å². The van der Waals surface area contributed by atoms with Crippen LogP contribution in [0.4, 0.5) is 16.4 Å². The van der Waals surface area contributed by atoms with E-state index in [0.717, 1.165) is 35.8 Å². The molecule has 158 valence electrons. The van der Waals surface area contributed by atoms with Crippen LogP contribution in [-0.4, -0.2) is 35.9 Å². The molecule has 1 aromatic carbocycles. The Morgan fingerprint density at radius 2 is 2.03 bits per heavy atom. The lowest BCUT2D eigenvalue weighted by molar-refractivity contribution is -0.384. The molecule has 2 aromatic rings. The molecular weight excluding hydrogens is 412 g/mol. The zero-order chi connectivity index (χ0) is 22.0. The van der Waals surface area contributed by atoms with E-state index in [0.29, 0.717) is 10.6 Å². The third-order valence-electron chi connectivity index (χ3n) is 4.76. The van der Waals surface area contributed by atoms with Gasteiger partial charge in [-0.2, -0.15) is 0 Å². The van der Waals surface area contributed by atoms with Crippen LogP contribution >= 0.6 is 11.3 Å². The number of nitrogens with two attached hydrogens (primary N) is 1. The van der Waals surface area contributed by atoms with Crippen LogP contribution in [0.5, 0.6) is 0 Å². The van der Waals surface area contributed by atoms with E-state index in [2.05, 4.69) is 10.6 Å². The number of hydrogen-bond donors (Lipinski definition) is 3. The summed E-state index contributed by atoms with van der Waals surface area (Å²) in [6.45, 7) is 1.37. The number of nitrogens with one attached hydrogen (secondary N) is 2. The third-order valence-corrected chi connectivity index (χ3v) is 5.96. The molecule has 1 unspecified atom stereocenters. The second kappa shape index (κ2) is 8.49. The van der Waals surface area contributed by atoms with E-state index in [1.165, 1.54) is 37.4 Å². The van der Waals surface area contributed by atoms with Crippen LogP contribution in [0.1, 0.15) is 44.5 Å². The molecule has 30 heavy (non-hydrogen) atoms. The zero-order valence-corrected chi connectivity index (χ0v) is 17.1. The number of carbonyl (C=O) groups excluding carboxylic acids is 3. The number of nitrogens with zero attached hydrogens (tertiary/aromatic N) is 1. The summed E-state index contributed by atoms with van der Waals surface area (Å²) < 4.78 is 5.15. The Hall–Kier alpha value is -3.47. The maximum absolute atomic E-state index is 12.5. The Kier molecular flexibility index (Phi) is 6.01. The van der Waals surface area contributed by atoms with Gasteiger partial charge in [0.1, 0.15) is 10.7 Å². The SMILES string of the molecule is CNc1ccc(C(=O)OC(C)C(=O)Nc2sc3c(c2C(N)=O)CCC3)cc1[N+](=O)[O-]. The predicted octanol–water partition coefficient (Wildman–Crippen LogP) is 2.47. The van der Waals surface area contributed by atoms with E-state index in [-0.39, 0.29) is 16.9 Å². The quantitative estimate of drug-likeness (QED) is 0.345. The molecule has 1 aromatic heterocycles. The van der Waals surface area contributed by atoms with Gasteiger partial charge in [0, 0.05) is 18.0 Å². The van der Waals surface area contributed by atoms with Gasteiger partial charge < -0.3 is 21.1 Å². The van der Waals surface area contributed by atoms with Crippen molar-refractivity contribution in [2.24, 2.45) is 5.73 Å². The molecule has 1 aliphatic carbocycles. The van der Waals surface area contributed by atoms with Crippen molar-refractivity contribution in [3.05, 3.63) is 49.9 Å². The standard InChI is InChI=1S/C19H20N4O6S/c1-9(29-19(26)10-6-7-12(21-2)13(8-10)23(27)28)17(25)22-18-15(16(20)24)11-4-3-5-14(11)30-18/h6-9,21H,3-5H2,1-2H3,(H2,20,24)(H,22,25). The second-order valence-corrected chi connectivity index (χ2v) is 7.81. The first-order valence-electron chi connectivity index (χ1n) is 9.15. The highest BCUT2D eigenvalue weighted by Gasteiger charge is 2.28. The normalized spacial score (nSPS) is 13.3. The monoisotopic (exact) mass is 432 g/mol. The van der Waals surface area contributed by atoms with Gasteiger partial charge in [-0.25, -0.2) is 4.79 Å². The maximum Gasteiger partial charge on any atom is 0.339 e. The van der Waals surface area contributed by atoms with Crippen LogP contribution in [0.2, 0.25) is 0 Å². The van der Waals surface area contributed by atoms with E-state index in [4.69, 9.17) is 10.5 Å². The maximum atomic E-state index is 12.5. The van der Waals surface area contributed by atoms with Crippen LogP contribution in [0.25, 0.3) is 0 Å². The van der Waals surface area contributed by atoms with Crippen LogP contribution in [0.3, 0.4) is 0 Å². The first kappa shape index (κ1) is 21.2. The smallest absolute Gasteiger partial charge is 0.339 e. The number of fused-ring (bicyclic) bond motifs is 1. The van der Waals surface area contributed by atoms with E-state index in [9.17, 15) is 24.5 Å². The Labute approximate surface area is 175 Å². The molecule has 1 atom stereocenters. The van der Waals surface area contributed by atoms with Gasteiger partial charge in [-0.15, -0.1) is 11.3 Å². The predicted molar refractivity (Wildman–Crippen MR) is 111 cm³/mol. The number of thiophene rings is 1. The minimum absolute atomic E-state index is 0.0618. The van der Waals surface area contributed by atoms with Crippen molar-refractivity contribution in [3.8, 4) is 0 Å². The number of carbonyl (C=O) groups is 3. The fourth-order valence-electron chi connectivity index (χ4n) is 3.27. The first-order valence-corrected chi connectivity index (χ1v) is 9.97. The number of ether oxygens (including phenoxy) is 1. The lowest BCUT2D eigenvalue weighted by atomic mass is 10.1. The molecular formula is C19H20N4O6S. The number of aryl methyl sites for hydroxylation is 1. The number of amides is 2. The molecule has 0 bridgehead atoms. The highest BCUT2D eigenvalue weighted by Crippen LogP contribution is 2.39. The van der Waals surface area contributed by atoms with Crippen LogP contribution in [0, 0.1) is 10.1 Å². The lowest BCUT2D eigenvalue weighted by Gasteiger charge is -2.14. The van der Waals surface area contributed by atoms with Gasteiger partial charge >= 0.3 is 5.97 Å². The molecule has 3 rings (SSSR count). The Bertz CT molecular complexity index is 1050. The molecule has 0 saturated heterocycles. The average molecular weight is 432 g/mol. The third kappa shape index (κ3) is 4.10. The summed E-state index contributed by atoms with van der Waals surface area (Å²) in [5.41, 5.74) is 6.53. The van der Waals surface area contributed by atoms with Gasteiger partial charge in [0.05, 0.1) is 16.1 Å². The molecule has 11 heteroatoms. The van der Waals surface area contributed by atoms with Crippen molar-refractivity contribution in [1.29, 1.82) is 0 Å². The fraction of sp³-hybridized carbons (Fsp3) is 0.316. The number of hydrogen-bond acceptors (Lipinski definition) is 8. The minimum Gasteiger partial charge on any atom is -0.449 e. The van der Waals surface area contributed by atoms with Crippen LogP contribution < -0.4 is 16.4 Å². The number of anilines is 2. The van der Waals surface area contributed by atoms with Gasteiger partial charge in [-0.3, -0.25) is 19.7 Å². The number of benzene rings is 1. The second-order valence-electron chi connectivity index (χ2n) is 6.70. The Morgan fingerprint density at radius 1 is 1.30 bits per heavy atom. The van der Waals surface area contributed by atoms with Gasteiger partial charge in [0.25, 0.3) is 17.5 Å². The number of nitro groups is 1. The van der Waals surface area contributed by atoms with Gasteiger partial charge in [-0.1, -0.05) is 0 Å². The molecule has 0 spiro atoms. The molecule has 4 N–H and O–H groups in total. The largest absolute Gasteiger partial charge is 0.449 e. The summed E-state index contributed by atoms with van der Waals surface area (Å²) in [6, 6.07) is 3.82. The molecule has 0 saturated carbocycles. The van der Waals surface area contributed by atoms with E-state index in [1.54, 1.807) is 0 Å². The summed E-state index contributed by atoms with van der Waals surface area (Å²) in [6.07, 6.45) is 1.29. The molecule has 10 nitrogen and oxygen atoms in total. The van der Waals surface area contributed by atoms with Crippen molar-refractivity contribution >= 4 is 45.5 Å². The van der Waals surface area contributed by atoms with E-state index >= 15 is 0 Å². The summed E-state index contributed by atoms with van der Waals surface area (Å²) >= 11 is 1.29. The number of nitro benzene ring substituents is 1. The summed E-state index contributed by atoms with van der Waals surface area (Å²) in [7, 11) is 1.52. The molecule has 0 fully saturated rings. The Balaban J connectivity index is 1.72. The topological polar surface area (TPSA) is 154 Å². The van der Waals surface area contributed by atoms with Crippen molar-refractivity contribution in [3.63, 3.8) is 0 Å². The molecule has 0 radical (unpaired) electrons. The van der Waals surface area contributed by atoms with E-state index in [1.807, 2.05) is 0 Å². The fourth-order valence-corrected chi connectivity index (χ4v) is 4.57. The number of rotatable bonds is 7. The van der Waals surface area contributed by atoms with Crippen molar-refractivity contribution in [2.45, 2.75) is 32.3 Å². The summed E-state index contributed by atoms with van der Waals surface area (Å²) in [4.78, 5) is 48.2. The number of esters is 1. The van der Waals surface area contributed by atoms with Crippen molar-refractivity contribution in [1.82, 2.24) is 0 Å². The number of primary amides is 1. The first-order chi connectivity index (χ1) is 14.2. The summed E-state index contributed by atoms with van der Waals surface area (Å²) in [5.74, 6) is -2.13. The zero-order valence-electron chi connectivity index (χ0n) is 16.3. The van der Waals surface area contributed by atoms with Crippen molar-refractivity contribution < 1.29 is 24.0 Å².